The van der Waals surface area contributed by atoms with Crippen molar-refractivity contribution in [2.75, 3.05) is 24.5 Å². The molecule has 1 aromatic heterocycles. The molecule has 170 valence electrons. The lowest BCUT2D eigenvalue weighted by Crippen LogP contribution is -2.45. The van der Waals surface area contributed by atoms with Gasteiger partial charge in [0, 0.05) is 42.0 Å². The van der Waals surface area contributed by atoms with E-state index in [0.717, 1.165) is 11.6 Å². The lowest BCUT2D eigenvalue weighted by atomic mass is 9.74. The van der Waals surface area contributed by atoms with Crippen molar-refractivity contribution in [3.63, 3.8) is 0 Å². The standard InChI is InChI=1S/C25H21ClF3N3O/c26-23-11-17(3-6-30-23)24(33)32-15-25(21-13-18(27)1-2-22(21)32)4-7-31(8-5-25)14-16-9-19(28)12-20(29)10-16/h1-3,6,9-13H,4-5,7-8,14-15H2. The van der Waals surface area contributed by atoms with Gasteiger partial charge in [0.15, 0.2) is 0 Å². The van der Waals surface area contributed by atoms with E-state index >= 15 is 0 Å². The predicted molar refractivity (Wildman–Crippen MR) is 120 cm³/mol. The number of amides is 1. The highest BCUT2D eigenvalue weighted by molar-refractivity contribution is 6.29. The van der Waals surface area contributed by atoms with Crippen LogP contribution in [0.25, 0.3) is 0 Å². The van der Waals surface area contributed by atoms with Crippen molar-refractivity contribution < 1.29 is 18.0 Å². The molecule has 0 unspecified atom stereocenters. The third-order valence-electron chi connectivity index (χ3n) is 6.64. The van der Waals surface area contributed by atoms with Gasteiger partial charge in [0.1, 0.15) is 22.6 Å². The maximum Gasteiger partial charge on any atom is 0.258 e. The van der Waals surface area contributed by atoms with Crippen LogP contribution in [0.4, 0.5) is 18.9 Å². The molecule has 3 aromatic rings. The van der Waals surface area contributed by atoms with Gasteiger partial charge in [0.25, 0.3) is 5.91 Å². The molecule has 8 heteroatoms. The fourth-order valence-corrected chi connectivity index (χ4v) is 5.21. The Morgan fingerprint density at radius 3 is 2.39 bits per heavy atom. The second-order valence-corrected chi connectivity index (χ2v) is 9.14. The number of anilines is 1. The van der Waals surface area contributed by atoms with E-state index in [1.54, 1.807) is 17.0 Å². The Balaban J connectivity index is 1.39. The molecule has 5 rings (SSSR count). The summed E-state index contributed by atoms with van der Waals surface area (Å²) < 4.78 is 41.4. The Hall–Kier alpha value is -2.90. The Kier molecular flexibility index (Phi) is 5.62. The zero-order chi connectivity index (χ0) is 23.2. The number of piperidine rings is 1. The largest absolute Gasteiger partial charge is 0.307 e. The van der Waals surface area contributed by atoms with Crippen molar-refractivity contribution in [3.05, 3.63) is 94.0 Å². The van der Waals surface area contributed by atoms with Crippen molar-refractivity contribution in [1.29, 1.82) is 0 Å². The highest BCUT2D eigenvalue weighted by Gasteiger charge is 2.46. The summed E-state index contributed by atoms with van der Waals surface area (Å²) in [6, 6.07) is 11.2. The van der Waals surface area contributed by atoms with Gasteiger partial charge in [-0.3, -0.25) is 9.69 Å². The summed E-state index contributed by atoms with van der Waals surface area (Å²) in [7, 11) is 0. The molecule has 1 amide bonds. The van der Waals surface area contributed by atoms with Gasteiger partial charge in [-0.15, -0.1) is 0 Å². The maximum atomic E-state index is 14.2. The molecule has 3 heterocycles. The number of likely N-dealkylation sites (tertiary alicyclic amines) is 1. The molecule has 0 bridgehead atoms. The topological polar surface area (TPSA) is 36.4 Å². The molecule has 0 aliphatic carbocycles. The monoisotopic (exact) mass is 471 g/mol. The Morgan fingerprint density at radius 1 is 0.970 bits per heavy atom. The summed E-state index contributed by atoms with van der Waals surface area (Å²) in [4.78, 5) is 21.1. The molecular formula is C25H21ClF3N3O. The number of hydrogen-bond donors (Lipinski definition) is 0. The Bertz CT molecular complexity index is 1210. The van der Waals surface area contributed by atoms with E-state index in [1.807, 2.05) is 0 Å². The van der Waals surface area contributed by atoms with Gasteiger partial charge in [0.2, 0.25) is 0 Å². The highest BCUT2D eigenvalue weighted by atomic mass is 35.5. The SMILES string of the molecule is O=C(c1ccnc(Cl)c1)N1CC2(CCN(Cc3cc(F)cc(F)c3)CC2)c2cc(F)ccc21. The van der Waals surface area contributed by atoms with Crippen molar-refractivity contribution in [3.8, 4) is 0 Å². The number of halogens is 4. The second kappa shape index (κ2) is 8.47. The summed E-state index contributed by atoms with van der Waals surface area (Å²) in [5, 5.41) is 0.233. The third-order valence-corrected chi connectivity index (χ3v) is 6.85. The van der Waals surface area contributed by atoms with Crippen LogP contribution in [0.3, 0.4) is 0 Å². The van der Waals surface area contributed by atoms with Crippen LogP contribution in [0.15, 0.2) is 54.7 Å². The molecule has 4 nitrogen and oxygen atoms in total. The number of rotatable bonds is 3. The molecule has 1 spiro atoms. The number of carbonyl (C=O) groups is 1. The van der Waals surface area contributed by atoms with Gasteiger partial charge in [-0.25, -0.2) is 18.2 Å². The predicted octanol–water partition coefficient (Wildman–Crippen LogP) is 5.35. The minimum absolute atomic E-state index is 0.207. The molecule has 33 heavy (non-hydrogen) atoms. The molecule has 2 aliphatic rings. The summed E-state index contributed by atoms with van der Waals surface area (Å²) in [5.74, 6) is -1.73. The molecule has 0 saturated carbocycles. The number of nitrogens with zero attached hydrogens (tertiary/aromatic N) is 3. The molecular weight excluding hydrogens is 451 g/mol. The summed E-state index contributed by atoms with van der Waals surface area (Å²) in [5.41, 5.74) is 2.15. The van der Waals surface area contributed by atoms with E-state index in [4.69, 9.17) is 11.6 Å². The summed E-state index contributed by atoms with van der Waals surface area (Å²) in [6.45, 7) is 2.19. The zero-order valence-electron chi connectivity index (χ0n) is 17.7. The minimum atomic E-state index is -0.593. The maximum absolute atomic E-state index is 14.2. The number of aromatic nitrogens is 1. The molecule has 0 N–H and O–H groups in total. The molecule has 2 aromatic carbocycles. The van der Waals surface area contributed by atoms with Crippen LogP contribution >= 0.6 is 11.6 Å². The van der Waals surface area contributed by atoms with E-state index in [1.165, 1.54) is 36.5 Å². The number of benzene rings is 2. The van der Waals surface area contributed by atoms with Crippen LogP contribution in [0.5, 0.6) is 0 Å². The van der Waals surface area contributed by atoms with Gasteiger partial charge in [-0.2, -0.15) is 0 Å². The average molecular weight is 472 g/mol. The molecule has 0 atom stereocenters. The van der Waals surface area contributed by atoms with Crippen LogP contribution in [0.1, 0.15) is 34.3 Å². The van der Waals surface area contributed by atoms with Crippen LogP contribution < -0.4 is 4.90 Å². The molecule has 0 radical (unpaired) electrons. The van der Waals surface area contributed by atoms with E-state index in [-0.39, 0.29) is 22.3 Å². The van der Waals surface area contributed by atoms with Crippen LogP contribution in [-0.2, 0) is 12.0 Å². The first-order valence-electron chi connectivity index (χ1n) is 10.7. The quantitative estimate of drug-likeness (QED) is 0.483. The van der Waals surface area contributed by atoms with E-state index in [2.05, 4.69) is 9.88 Å². The number of carbonyl (C=O) groups excluding carboxylic acids is 1. The lowest BCUT2D eigenvalue weighted by molar-refractivity contribution is 0.0975. The van der Waals surface area contributed by atoms with Crippen molar-refractivity contribution in [1.82, 2.24) is 9.88 Å². The Morgan fingerprint density at radius 2 is 1.70 bits per heavy atom. The smallest absolute Gasteiger partial charge is 0.258 e. The lowest BCUT2D eigenvalue weighted by Gasteiger charge is -2.40. The highest BCUT2D eigenvalue weighted by Crippen LogP contribution is 2.48. The Labute approximate surface area is 194 Å². The van der Waals surface area contributed by atoms with Crippen LogP contribution in [-0.4, -0.2) is 35.4 Å². The van der Waals surface area contributed by atoms with Gasteiger partial charge in [-0.05, 0) is 79.5 Å². The summed E-state index contributed by atoms with van der Waals surface area (Å²) >= 11 is 5.98. The van der Waals surface area contributed by atoms with Crippen molar-refractivity contribution >= 4 is 23.2 Å². The normalized spacial score (nSPS) is 17.4. The number of hydrogen-bond acceptors (Lipinski definition) is 3. The molecule has 2 aliphatic heterocycles. The molecule has 1 saturated heterocycles. The number of fused-ring (bicyclic) bond motifs is 2. The fraction of sp³-hybridized carbons (Fsp3) is 0.280. The van der Waals surface area contributed by atoms with Gasteiger partial charge >= 0.3 is 0 Å². The van der Waals surface area contributed by atoms with Crippen LogP contribution in [0.2, 0.25) is 5.15 Å². The van der Waals surface area contributed by atoms with E-state index in [9.17, 15) is 18.0 Å². The first-order valence-corrected chi connectivity index (χ1v) is 11.1. The fourth-order valence-electron chi connectivity index (χ4n) is 5.04. The molecule has 1 fully saturated rings. The second-order valence-electron chi connectivity index (χ2n) is 8.75. The first-order chi connectivity index (χ1) is 15.8. The van der Waals surface area contributed by atoms with Crippen molar-refractivity contribution in [2.45, 2.75) is 24.8 Å². The van der Waals surface area contributed by atoms with Gasteiger partial charge in [0.05, 0.1) is 0 Å². The average Bonchev–Trinajstić information content (AvgIpc) is 3.07. The first kappa shape index (κ1) is 21.9. The van der Waals surface area contributed by atoms with Gasteiger partial charge in [-0.1, -0.05) is 11.6 Å². The van der Waals surface area contributed by atoms with Crippen molar-refractivity contribution in [2.24, 2.45) is 0 Å². The van der Waals surface area contributed by atoms with Crippen LogP contribution in [0, 0.1) is 17.5 Å². The van der Waals surface area contributed by atoms with E-state index in [0.29, 0.717) is 55.8 Å². The van der Waals surface area contributed by atoms with E-state index < -0.39 is 11.6 Å². The summed E-state index contributed by atoms with van der Waals surface area (Å²) in [6.07, 6.45) is 2.88. The number of pyridine rings is 1. The zero-order valence-corrected chi connectivity index (χ0v) is 18.5. The third kappa shape index (κ3) is 4.23. The van der Waals surface area contributed by atoms with Gasteiger partial charge < -0.3 is 4.90 Å². The minimum Gasteiger partial charge on any atom is -0.307 e.